The molecule has 0 N–H and O–H groups in total. The summed E-state index contributed by atoms with van der Waals surface area (Å²) in [5.74, 6) is 0. The van der Waals surface area contributed by atoms with Crippen LogP contribution in [0.4, 0.5) is 0 Å². The lowest BCUT2D eigenvalue weighted by Crippen LogP contribution is -2.08. The minimum Gasteiger partial charge on any atom is -0.435 e. The van der Waals surface area contributed by atoms with Crippen LogP contribution < -0.4 is 0 Å². The first-order valence-corrected chi connectivity index (χ1v) is 7.14. The smallest absolute Gasteiger partial charge is 0.411 e. The Morgan fingerprint density at radius 3 is 2.08 bits per heavy atom. The van der Waals surface area contributed by atoms with E-state index in [1.165, 1.54) is 18.9 Å². The molecule has 0 amide bonds. The number of hydrogen-bond acceptors (Lipinski definition) is 4. The summed E-state index contributed by atoms with van der Waals surface area (Å²) in [5, 5.41) is 0. The van der Waals surface area contributed by atoms with E-state index in [9.17, 15) is 0 Å². The average molecular weight is 261 g/mol. The molecule has 0 aliphatic carbocycles. The molecule has 0 spiro atoms. The molecule has 4 nitrogen and oxygen atoms in total. The molecule has 1 aliphatic heterocycles. The number of hydrogen-bond donors (Lipinski definition) is 0. The lowest BCUT2D eigenvalue weighted by Gasteiger charge is -2.06. The summed E-state index contributed by atoms with van der Waals surface area (Å²) in [7, 11) is 6.27. The largest absolute Gasteiger partial charge is 0.435 e. The third kappa shape index (κ3) is 12.9. The molecule has 13 heavy (non-hydrogen) atoms. The molecular weight excluding hydrogens is 252 g/mol. The van der Waals surface area contributed by atoms with Crippen molar-refractivity contribution in [3.63, 3.8) is 0 Å². The van der Waals surface area contributed by atoms with E-state index < -0.39 is 0 Å². The van der Waals surface area contributed by atoms with Gasteiger partial charge in [0.15, 0.2) is 0 Å². The Labute approximate surface area is 93.2 Å². The molecule has 68 valence electrons. The first kappa shape index (κ1) is 13.9. The Morgan fingerprint density at radius 1 is 1.15 bits per heavy atom. The molecule has 0 bridgehead atoms. The highest BCUT2D eigenvalue weighted by molar-refractivity contribution is 6.40. The Kier molecular flexibility index (Phi) is 13.8. The fourth-order valence-electron chi connectivity index (χ4n) is 0.574. The predicted molar refractivity (Wildman–Crippen MR) is 52.0 cm³/mol. The van der Waals surface area contributed by atoms with Crippen molar-refractivity contribution in [3.8, 4) is 0 Å². The van der Waals surface area contributed by atoms with Crippen molar-refractivity contribution in [2.45, 2.75) is 18.9 Å². The zero-order valence-electron chi connectivity index (χ0n) is 6.96. The zero-order valence-corrected chi connectivity index (χ0v) is 12.0. The van der Waals surface area contributed by atoms with Crippen molar-refractivity contribution in [1.29, 1.82) is 0 Å². The maximum absolute atomic E-state index is 5.10. The second kappa shape index (κ2) is 12.9. The lowest BCUT2D eigenvalue weighted by atomic mass is 10.4. The van der Waals surface area contributed by atoms with Gasteiger partial charge in [-0.15, -0.1) is 0 Å². The molecule has 1 fully saturated rings. The second-order valence-electron chi connectivity index (χ2n) is 1.92. The maximum atomic E-state index is 5.10. The van der Waals surface area contributed by atoms with Gasteiger partial charge in [-0.1, -0.05) is 6.42 Å². The van der Waals surface area contributed by atoms with Gasteiger partial charge in [0.25, 0.3) is 0 Å². The van der Waals surface area contributed by atoms with E-state index in [1.807, 2.05) is 0 Å². The van der Waals surface area contributed by atoms with Crippen LogP contribution in [-0.2, 0) is 16.8 Å². The molecule has 0 aromatic carbocycles. The van der Waals surface area contributed by atoms with Gasteiger partial charge in [0.1, 0.15) is 0 Å². The molecule has 0 atom stereocenters. The van der Waals surface area contributed by atoms with E-state index in [0.717, 1.165) is 16.4 Å². The molecule has 9 heteroatoms. The molecule has 1 saturated heterocycles. The van der Waals surface area contributed by atoms with Crippen molar-refractivity contribution >= 4 is 50.7 Å². The summed E-state index contributed by atoms with van der Waals surface area (Å²) in [5.41, 5.74) is 0. The van der Waals surface area contributed by atoms with Crippen LogP contribution in [0.5, 0.6) is 0 Å². The van der Waals surface area contributed by atoms with Crippen molar-refractivity contribution in [3.05, 3.63) is 0 Å². The van der Waals surface area contributed by atoms with Gasteiger partial charge in [-0.3, -0.25) is 0 Å². The predicted octanol–water partition coefficient (Wildman–Crippen LogP) is -0.894. The third-order valence-corrected chi connectivity index (χ3v) is 3.34. The van der Waals surface area contributed by atoms with Gasteiger partial charge in [0.2, 0.25) is 30.7 Å². The van der Waals surface area contributed by atoms with Gasteiger partial charge >= 0.3 is 20.0 Å². The van der Waals surface area contributed by atoms with Crippen molar-refractivity contribution in [2.75, 3.05) is 6.61 Å². The maximum Gasteiger partial charge on any atom is 0.411 e. The fourth-order valence-corrected chi connectivity index (χ4v) is 2.62. The van der Waals surface area contributed by atoms with Crippen LogP contribution in [0.3, 0.4) is 0 Å². The molecule has 1 heterocycles. The van der Waals surface area contributed by atoms with Gasteiger partial charge in [-0.25, -0.2) is 0 Å². The molecule has 12 radical (unpaired) electrons. The van der Waals surface area contributed by atoms with Crippen molar-refractivity contribution in [1.82, 2.24) is 0 Å². The molecule has 0 saturated carbocycles. The fraction of sp³-hybridized carbons (Fsp3) is 1.00. The highest BCUT2D eigenvalue weighted by atomic mass is 28.4. The van der Waals surface area contributed by atoms with E-state index in [-0.39, 0.29) is 20.0 Å². The first-order valence-electron chi connectivity index (χ1n) is 3.57. The van der Waals surface area contributed by atoms with Crippen molar-refractivity contribution in [2.24, 2.45) is 0 Å². The van der Waals surface area contributed by atoms with Crippen LogP contribution in [0.2, 0.25) is 6.04 Å². The summed E-state index contributed by atoms with van der Waals surface area (Å²) in [6.07, 6.45) is 2.67. The van der Waals surface area contributed by atoms with Crippen LogP contribution >= 0.6 is 0 Å². The second-order valence-corrected chi connectivity index (χ2v) is 5.78. The Hall–Kier alpha value is 0.924. The monoisotopic (exact) mass is 260 g/mol. The van der Waals surface area contributed by atoms with Crippen LogP contribution in [-0.4, -0.2) is 57.4 Å². The van der Waals surface area contributed by atoms with E-state index >= 15 is 0 Å². The minimum atomic E-state index is -0.00849. The summed E-state index contributed by atoms with van der Waals surface area (Å²) in [6.45, 7) is 1.01. The van der Waals surface area contributed by atoms with E-state index in [2.05, 4.69) is 33.3 Å². The normalized spacial score (nSPS) is 16.2. The summed E-state index contributed by atoms with van der Waals surface area (Å²) in [4.78, 5) is 0. The average Bonchev–Trinajstić information content (AvgIpc) is 2.22. The van der Waals surface area contributed by atoms with Gasteiger partial charge in [-0.2, -0.15) is 0 Å². The number of rotatable bonds is 4. The van der Waals surface area contributed by atoms with Crippen LogP contribution in [0.1, 0.15) is 12.8 Å². The summed E-state index contributed by atoms with van der Waals surface area (Å²) >= 11 is 0. The highest BCUT2D eigenvalue weighted by Crippen LogP contribution is 2.01. The minimum absolute atomic E-state index is 0.00849. The zero-order chi connectivity index (χ0) is 9.78. The lowest BCUT2D eigenvalue weighted by molar-refractivity contribution is 0.304. The van der Waals surface area contributed by atoms with Crippen LogP contribution in [0.15, 0.2) is 0 Å². The van der Waals surface area contributed by atoms with Gasteiger partial charge in [0, 0.05) is 6.61 Å². The Bertz CT molecular complexity index is 77.1. The summed E-state index contributed by atoms with van der Waals surface area (Å²) in [6, 6.07) is 1.31. The van der Waals surface area contributed by atoms with Gasteiger partial charge < -0.3 is 16.8 Å². The SMILES string of the molecule is C1CC[Si]OC1.[Si]O[Si]O[Si]O[Si]. The Morgan fingerprint density at radius 2 is 1.85 bits per heavy atom. The van der Waals surface area contributed by atoms with Gasteiger partial charge in [-0.05, 0) is 12.5 Å². The van der Waals surface area contributed by atoms with E-state index in [0.29, 0.717) is 0 Å². The van der Waals surface area contributed by atoms with Crippen molar-refractivity contribution < 1.29 is 16.8 Å². The molecule has 1 rings (SSSR count). The standard InChI is InChI=1S/C4H8OSi.O3Si4/c1-2-4-6-5-3-1;4-1-6-3-7-2-5/h1-4H2;. The third-order valence-electron chi connectivity index (χ3n) is 1.04. The Balaban J connectivity index is 0.000000223. The van der Waals surface area contributed by atoms with E-state index in [1.54, 1.807) is 0 Å². The quantitative estimate of drug-likeness (QED) is 0.485. The molecule has 0 aromatic rings. The van der Waals surface area contributed by atoms with Crippen LogP contribution in [0, 0.1) is 0 Å². The van der Waals surface area contributed by atoms with Crippen LogP contribution in [0.25, 0.3) is 0 Å². The van der Waals surface area contributed by atoms with Gasteiger partial charge in [0.05, 0.1) is 0 Å². The molecule has 0 aromatic heterocycles. The topological polar surface area (TPSA) is 36.9 Å². The molecular formula is C4H8O4Si5. The molecule has 0 unspecified atom stereocenters. The van der Waals surface area contributed by atoms with E-state index in [4.69, 9.17) is 4.43 Å². The summed E-state index contributed by atoms with van der Waals surface area (Å²) < 4.78 is 18.5. The molecule has 1 aliphatic rings. The highest BCUT2D eigenvalue weighted by Gasteiger charge is 1.97. The first-order chi connectivity index (χ1) is 6.41.